The SMILES string of the molecule is COc1ccc2nccc(C(=O)N[C@H](C)C(=O)O)c2c1. The normalized spacial score (nSPS) is 11.9. The summed E-state index contributed by atoms with van der Waals surface area (Å²) in [7, 11) is 1.53. The Kier molecular flexibility index (Phi) is 3.84. The lowest BCUT2D eigenvalue weighted by atomic mass is 10.1. The second kappa shape index (κ2) is 5.56. The van der Waals surface area contributed by atoms with Gasteiger partial charge in [0.15, 0.2) is 0 Å². The Morgan fingerprint density at radius 1 is 1.35 bits per heavy atom. The van der Waals surface area contributed by atoms with Gasteiger partial charge in [0.2, 0.25) is 0 Å². The van der Waals surface area contributed by atoms with Crippen molar-refractivity contribution in [2.45, 2.75) is 13.0 Å². The largest absolute Gasteiger partial charge is 0.497 e. The number of benzene rings is 1. The molecule has 0 aliphatic carbocycles. The smallest absolute Gasteiger partial charge is 0.325 e. The molecule has 0 fully saturated rings. The van der Waals surface area contributed by atoms with Crippen molar-refractivity contribution < 1.29 is 19.4 Å². The van der Waals surface area contributed by atoms with Crippen LogP contribution in [0.4, 0.5) is 0 Å². The number of hydrogen-bond donors (Lipinski definition) is 2. The first kappa shape index (κ1) is 13.8. The lowest BCUT2D eigenvalue weighted by Crippen LogP contribution is -2.38. The Labute approximate surface area is 115 Å². The summed E-state index contributed by atoms with van der Waals surface area (Å²) in [6.07, 6.45) is 1.51. The van der Waals surface area contributed by atoms with Gasteiger partial charge in [-0.15, -0.1) is 0 Å². The fourth-order valence-electron chi connectivity index (χ4n) is 1.79. The fraction of sp³-hybridized carbons (Fsp3) is 0.214. The van der Waals surface area contributed by atoms with Crippen LogP contribution in [0, 0.1) is 0 Å². The predicted molar refractivity (Wildman–Crippen MR) is 72.9 cm³/mol. The minimum absolute atomic E-state index is 0.363. The summed E-state index contributed by atoms with van der Waals surface area (Å²) >= 11 is 0. The molecule has 2 N–H and O–H groups in total. The third kappa shape index (κ3) is 2.69. The van der Waals surface area contributed by atoms with Gasteiger partial charge >= 0.3 is 5.97 Å². The molecular formula is C14H14N2O4. The molecular weight excluding hydrogens is 260 g/mol. The number of fused-ring (bicyclic) bond motifs is 1. The molecule has 0 saturated heterocycles. The van der Waals surface area contributed by atoms with E-state index in [1.807, 2.05) is 0 Å². The van der Waals surface area contributed by atoms with Crippen LogP contribution in [0.3, 0.4) is 0 Å². The number of carboxylic acid groups (broad SMARTS) is 1. The average Bonchev–Trinajstić information content (AvgIpc) is 2.45. The zero-order valence-corrected chi connectivity index (χ0v) is 11.1. The number of carbonyl (C=O) groups excluding carboxylic acids is 1. The molecule has 1 atom stereocenters. The fourth-order valence-corrected chi connectivity index (χ4v) is 1.79. The molecule has 1 aromatic heterocycles. The molecule has 0 aliphatic heterocycles. The number of ether oxygens (including phenoxy) is 1. The number of carbonyl (C=O) groups is 2. The number of pyridine rings is 1. The maximum Gasteiger partial charge on any atom is 0.325 e. The third-order valence-corrected chi connectivity index (χ3v) is 2.91. The summed E-state index contributed by atoms with van der Waals surface area (Å²) in [5.74, 6) is -0.944. The van der Waals surface area contributed by atoms with Crippen molar-refractivity contribution in [3.8, 4) is 5.75 Å². The first-order chi connectivity index (χ1) is 9.52. The highest BCUT2D eigenvalue weighted by Gasteiger charge is 2.17. The Hall–Kier alpha value is -2.63. The molecule has 0 unspecified atom stereocenters. The van der Waals surface area contributed by atoms with Crippen molar-refractivity contribution in [2.24, 2.45) is 0 Å². The molecule has 2 aromatic rings. The highest BCUT2D eigenvalue weighted by atomic mass is 16.5. The number of carboxylic acids is 1. The molecule has 2 rings (SSSR count). The van der Waals surface area contributed by atoms with Gasteiger partial charge in [0.05, 0.1) is 18.2 Å². The Balaban J connectivity index is 2.42. The first-order valence-electron chi connectivity index (χ1n) is 5.99. The van der Waals surface area contributed by atoms with Gasteiger partial charge in [0, 0.05) is 11.6 Å². The second-order valence-electron chi connectivity index (χ2n) is 4.27. The Morgan fingerprint density at radius 3 is 2.75 bits per heavy atom. The summed E-state index contributed by atoms with van der Waals surface area (Å²) in [5, 5.41) is 11.9. The average molecular weight is 274 g/mol. The minimum Gasteiger partial charge on any atom is -0.497 e. The van der Waals surface area contributed by atoms with E-state index in [-0.39, 0.29) is 0 Å². The van der Waals surface area contributed by atoms with Crippen LogP contribution < -0.4 is 10.1 Å². The number of aliphatic carboxylic acids is 1. The van der Waals surface area contributed by atoms with Crippen LogP contribution in [0.2, 0.25) is 0 Å². The molecule has 0 aliphatic rings. The van der Waals surface area contributed by atoms with Crippen molar-refractivity contribution in [3.05, 3.63) is 36.0 Å². The van der Waals surface area contributed by atoms with E-state index in [2.05, 4.69) is 10.3 Å². The standard InChI is InChI=1S/C14H14N2O4/c1-8(14(18)19)16-13(17)10-5-6-15-12-4-3-9(20-2)7-11(10)12/h3-8H,1-2H3,(H,16,17)(H,18,19)/t8-/m1/s1. The van der Waals surface area contributed by atoms with E-state index in [9.17, 15) is 9.59 Å². The van der Waals surface area contributed by atoms with E-state index < -0.39 is 17.9 Å². The van der Waals surface area contributed by atoms with Gasteiger partial charge in [-0.3, -0.25) is 14.6 Å². The van der Waals surface area contributed by atoms with Crippen LogP contribution in [-0.2, 0) is 4.79 Å². The van der Waals surface area contributed by atoms with E-state index >= 15 is 0 Å². The van der Waals surface area contributed by atoms with Crippen molar-refractivity contribution >= 4 is 22.8 Å². The monoisotopic (exact) mass is 274 g/mol. The van der Waals surface area contributed by atoms with Crippen LogP contribution in [0.1, 0.15) is 17.3 Å². The van der Waals surface area contributed by atoms with Crippen molar-refractivity contribution in [1.29, 1.82) is 0 Å². The summed E-state index contributed by atoms with van der Waals surface area (Å²) in [5.41, 5.74) is 1.00. The van der Waals surface area contributed by atoms with Crippen LogP contribution in [0.5, 0.6) is 5.75 Å². The van der Waals surface area contributed by atoms with Crippen molar-refractivity contribution in [1.82, 2.24) is 10.3 Å². The van der Waals surface area contributed by atoms with Gasteiger partial charge in [0.25, 0.3) is 5.91 Å². The van der Waals surface area contributed by atoms with E-state index in [1.54, 1.807) is 24.3 Å². The topological polar surface area (TPSA) is 88.5 Å². The van der Waals surface area contributed by atoms with Gasteiger partial charge in [-0.05, 0) is 31.2 Å². The number of aromatic nitrogens is 1. The highest BCUT2D eigenvalue weighted by molar-refractivity contribution is 6.07. The van der Waals surface area contributed by atoms with Crippen LogP contribution in [0.25, 0.3) is 10.9 Å². The zero-order chi connectivity index (χ0) is 14.7. The summed E-state index contributed by atoms with van der Waals surface area (Å²) < 4.78 is 5.12. The highest BCUT2D eigenvalue weighted by Crippen LogP contribution is 2.22. The van der Waals surface area contributed by atoms with E-state index in [1.165, 1.54) is 20.2 Å². The van der Waals surface area contributed by atoms with Gasteiger partial charge in [0.1, 0.15) is 11.8 Å². The number of methoxy groups -OCH3 is 1. The van der Waals surface area contributed by atoms with E-state index in [0.717, 1.165) is 0 Å². The number of amides is 1. The summed E-state index contributed by atoms with van der Waals surface area (Å²) in [6.45, 7) is 1.41. The van der Waals surface area contributed by atoms with Crippen LogP contribution in [0.15, 0.2) is 30.5 Å². The molecule has 6 heteroatoms. The molecule has 1 heterocycles. The van der Waals surface area contributed by atoms with Crippen molar-refractivity contribution in [3.63, 3.8) is 0 Å². The summed E-state index contributed by atoms with van der Waals surface area (Å²) in [6, 6.07) is 5.77. The maximum atomic E-state index is 12.1. The molecule has 6 nitrogen and oxygen atoms in total. The third-order valence-electron chi connectivity index (χ3n) is 2.91. The van der Waals surface area contributed by atoms with Gasteiger partial charge < -0.3 is 15.2 Å². The maximum absolute atomic E-state index is 12.1. The minimum atomic E-state index is -1.09. The number of nitrogens with zero attached hydrogens (tertiary/aromatic N) is 1. The molecule has 0 saturated carbocycles. The number of nitrogens with one attached hydrogen (secondary N) is 1. The predicted octanol–water partition coefficient (Wildman–Crippen LogP) is 1.45. The van der Waals surface area contributed by atoms with Crippen LogP contribution >= 0.6 is 0 Å². The molecule has 1 aromatic carbocycles. The van der Waals surface area contributed by atoms with Crippen molar-refractivity contribution in [2.75, 3.05) is 7.11 Å². The van der Waals surface area contributed by atoms with Gasteiger partial charge in [-0.2, -0.15) is 0 Å². The Morgan fingerprint density at radius 2 is 2.10 bits per heavy atom. The zero-order valence-electron chi connectivity index (χ0n) is 11.1. The quantitative estimate of drug-likeness (QED) is 0.880. The molecule has 20 heavy (non-hydrogen) atoms. The molecule has 0 spiro atoms. The van der Waals surface area contributed by atoms with Gasteiger partial charge in [-0.1, -0.05) is 0 Å². The Bertz CT molecular complexity index is 669. The molecule has 0 radical (unpaired) electrons. The van der Waals surface area contributed by atoms with Gasteiger partial charge in [-0.25, -0.2) is 0 Å². The van der Waals surface area contributed by atoms with Crippen LogP contribution in [-0.4, -0.2) is 35.1 Å². The lowest BCUT2D eigenvalue weighted by Gasteiger charge is -2.11. The number of rotatable bonds is 4. The molecule has 104 valence electrons. The summed E-state index contributed by atoms with van der Waals surface area (Å²) in [4.78, 5) is 27.1. The molecule has 0 bridgehead atoms. The molecule has 1 amide bonds. The van der Waals surface area contributed by atoms with E-state index in [0.29, 0.717) is 22.2 Å². The number of hydrogen-bond acceptors (Lipinski definition) is 4. The van der Waals surface area contributed by atoms with E-state index in [4.69, 9.17) is 9.84 Å². The first-order valence-corrected chi connectivity index (χ1v) is 5.99. The lowest BCUT2D eigenvalue weighted by molar-refractivity contribution is -0.138. The second-order valence-corrected chi connectivity index (χ2v) is 4.27.